The van der Waals surface area contributed by atoms with Crippen LogP contribution >= 0.6 is 31.9 Å². The van der Waals surface area contributed by atoms with E-state index < -0.39 is 0 Å². The van der Waals surface area contributed by atoms with E-state index in [1.807, 2.05) is 12.1 Å². The normalized spacial score (nSPS) is 12.5. The van der Waals surface area contributed by atoms with E-state index in [0.717, 1.165) is 20.9 Å². The summed E-state index contributed by atoms with van der Waals surface area (Å²) in [6.07, 6.45) is 0.859. The Morgan fingerprint density at radius 3 is 2.15 bits per heavy atom. The molecule has 0 spiro atoms. The number of hydrogen-bond acceptors (Lipinski definition) is 1. The Morgan fingerprint density at radius 2 is 1.60 bits per heavy atom. The maximum Gasteiger partial charge on any atom is 0.0347 e. The molecule has 0 saturated carbocycles. The molecule has 20 heavy (non-hydrogen) atoms. The predicted octanol–water partition coefficient (Wildman–Crippen LogP) is 5.38. The summed E-state index contributed by atoms with van der Waals surface area (Å²) in [5, 5.41) is 0. The molecular weight excluding hydrogens is 378 g/mol. The maximum absolute atomic E-state index is 6.41. The molecule has 0 fully saturated rings. The molecule has 2 aromatic rings. The molecule has 0 aliphatic heterocycles. The van der Waals surface area contributed by atoms with Crippen LogP contribution in [-0.4, -0.2) is 0 Å². The smallest absolute Gasteiger partial charge is 0.0347 e. The summed E-state index contributed by atoms with van der Waals surface area (Å²) in [6, 6.07) is 10.6. The first-order chi connectivity index (χ1) is 9.38. The van der Waals surface area contributed by atoms with Crippen molar-refractivity contribution < 1.29 is 0 Å². The van der Waals surface area contributed by atoms with Crippen molar-refractivity contribution in [2.75, 3.05) is 0 Å². The molecule has 1 unspecified atom stereocenters. The van der Waals surface area contributed by atoms with Crippen LogP contribution in [-0.2, 0) is 6.42 Å². The summed E-state index contributed by atoms with van der Waals surface area (Å²) >= 11 is 7.07. The van der Waals surface area contributed by atoms with Gasteiger partial charge in [-0.1, -0.05) is 55.6 Å². The van der Waals surface area contributed by atoms with Crippen molar-refractivity contribution in [2.24, 2.45) is 5.73 Å². The number of rotatable bonds is 3. The van der Waals surface area contributed by atoms with Crippen LogP contribution in [0.1, 0.15) is 33.9 Å². The zero-order chi connectivity index (χ0) is 14.9. The van der Waals surface area contributed by atoms with Crippen LogP contribution in [0.5, 0.6) is 0 Å². The lowest BCUT2D eigenvalue weighted by Gasteiger charge is -2.18. The largest absolute Gasteiger partial charge is 0.324 e. The van der Waals surface area contributed by atoms with Gasteiger partial charge in [-0.3, -0.25) is 0 Å². The summed E-state index contributed by atoms with van der Waals surface area (Å²) in [7, 11) is 0. The second-order valence-corrected chi connectivity index (χ2v) is 7.12. The van der Waals surface area contributed by atoms with Crippen LogP contribution in [0.2, 0.25) is 0 Å². The predicted molar refractivity (Wildman–Crippen MR) is 93.1 cm³/mol. The van der Waals surface area contributed by atoms with Crippen molar-refractivity contribution in [3.63, 3.8) is 0 Å². The van der Waals surface area contributed by atoms with Gasteiger partial charge in [0.2, 0.25) is 0 Å². The summed E-state index contributed by atoms with van der Waals surface area (Å²) in [5.41, 5.74) is 12.9. The number of aryl methyl sites for hydroxylation is 3. The Labute approximate surface area is 137 Å². The molecule has 1 atom stereocenters. The van der Waals surface area contributed by atoms with E-state index in [0.29, 0.717) is 0 Å². The monoisotopic (exact) mass is 395 g/mol. The van der Waals surface area contributed by atoms with Crippen molar-refractivity contribution in [3.8, 4) is 0 Å². The first-order valence-electron chi connectivity index (χ1n) is 6.65. The first kappa shape index (κ1) is 15.7. The Bertz CT molecular complexity index is 612. The van der Waals surface area contributed by atoms with Crippen LogP contribution in [0.4, 0.5) is 0 Å². The highest BCUT2D eigenvalue weighted by molar-refractivity contribution is 9.11. The van der Waals surface area contributed by atoms with E-state index in [4.69, 9.17) is 5.73 Å². The van der Waals surface area contributed by atoms with E-state index in [1.165, 1.54) is 22.3 Å². The van der Waals surface area contributed by atoms with Gasteiger partial charge >= 0.3 is 0 Å². The third kappa shape index (κ3) is 3.51. The van der Waals surface area contributed by atoms with Crippen LogP contribution in [0.15, 0.2) is 39.3 Å². The molecular formula is C17H19Br2N. The third-order valence-electron chi connectivity index (χ3n) is 3.63. The average molecular weight is 397 g/mol. The molecule has 3 heteroatoms. The standard InChI is InChI=1S/C17H19Br2N/c1-10-6-11(2)15(12(3)7-10)9-17(20)14-5-4-13(18)8-16(14)19/h4-8,17H,9,20H2,1-3H3. The minimum atomic E-state index is -0.00224. The molecule has 0 aromatic heterocycles. The topological polar surface area (TPSA) is 26.0 Å². The van der Waals surface area contributed by atoms with Gasteiger partial charge in [-0.05, 0) is 61.6 Å². The van der Waals surface area contributed by atoms with Crippen LogP contribution < -0.4 is 5.73 Å². The highest BCUT2D eigenvalue weighted by Crippen LogP contribution is 2.29. The highest BCUT2D eigenvalue weighted by Gasteiger charge is 2.14. The van der Waals surface area contributed by atoms with Crippen molar-refractivity contribution >= 4 is 31.9 Å². The van der Waals surface area contributed by atoms with Gasteiger partial charge in [0, 0.05) is 15.0 Å². The SMILES string of the molecule is Cc1cc(C)c(CC(N)c2ccc(Br)cc2Br)c(C)c1. The lowest BCUT2D eigenvalue weighted by atomic mass is 9.92. The number of nitrogens with two attached hydrogens (primary N) is 1. The van der Waals surface area contributed by atoms with Crippen molar-refractivity contribution in [1.29, 1.82) is 0 Å². The number of benzene rings is 2. The van der Waals surface area contributed by atoms with Crippen LogP contribution in [0.3, 0.4) is 0 Å². The van der Waals surface area contributed by atoms with Gasteiger partial charge in [0.05, 0.1) is 0 Å². The van der Waals surface area contributed by atoms with Crippen molar-refractivity contribution in [2.45, 2.75) is 33.2 Å². The zero-order valence-electron chi connectivity index (χ0n) is 12.0. The summed E-state index contributed by atoms with van der Waals surface area (Å²) in [5.74, 6) is 0. The molecule has 2 N–H and O–H groups in total. The van der Waals surface area contributed by atoms with E-state index in [2.05, 4.69) is 70.8 Å². The van der Waals surface area contributed by atoms with Gasteiger partial charge in [-0.15, -0.1) is 0 Å². The molecule has 1 nitrogen and oxygen atoms in total. The van der Waals surface area contributed by atoms with Crippen molar-refractivity contribution in [3.05, 3.63) is 67.1 Å². The summed E-state index contributed by atoms with van der Waals surface area (Å²) in [6.45, 7) is 6.46. The summed E-state index contributed by atoms with van der Waals surface area (Å²) < 4.78 is 2.12. The van der Waals surface area contributed by atoms with Gasteiger partial charge < -0.3 is 5.73 Å². The highest BCUT2D eigenvalue weighted by atomic mass is 79.9. The van der Waals surface area contributed by atoms with E-state index in [1.54, 1.807) is 0 Å². The van der Waals surface area contributed by atoms with Gasteiger partial charge in [0.15, 0.2) is 0 Å². The van der Waals surface area contributed by atoms with Crippen molar-refractivity contribution in [1.82, 2.24) is 0 Å². The fourth-order valence-electron chi connectivity index (χ4n) is 2.66. The van der Waals surface area contributed by atoms with Gasteiger partial charge in [-0.2, -0.15) is 0 Å². The quantitative estimate of drug-likeness (QED) is 0.740. The van der Waals surface area contributed by atoms with E-state index in [-0.39, 0.29) is 6.04 Å². The minimum Gasteiger partial charge on any atom is -0.324 e. The molecule has 0 aliphatic carbocycles. The lowest BCUT2D eigenvalue weighted by molar-refractivity contribution is 0.711. The van der Waals surface area contributed by atoms with E-state index >= 15 is 0 Å². The average Bonchev–Trinajstić information content (AvgIpc) is 2.33. The first-order valence-corrected chi connectivity index (χ1v) is 8.24. The second kappa shape index (κ2) is 6.42. The second-order valence-electron chi connectivity index (χ2n) is 5.35. The van der Waals surface area contributed by atoms with Gasteiger partial charge in [0.1, 0.15) is 0 Å². The van der Waals surface area contributed by atoms with Crippen LogP contribution in [0.25, 0.3) is 0 Å². The van der Waals surface area contributed by atoms with Crippen LogP contribution in [0, 0.1) is 20.8 Å². The Hall–Kier alpha value is -0.640. The molecule has 2 aromatic carbocycles. The van der Waals surface area contributed by atoms with Gasteiger partial charge in [-0.25, -0.2) is 0 Å². The molecule has 0 amide bonds. The minimum absolute atomic E-state index is 0.00224. The molecule has 0 heterocycles. The molecule has 0 saturated heterocycles. The lowest BCUT2D eigenvalue weighted by Crippen LogP contribution is -2.15. The molecule has 2 rings (SSSR count). The fraction of sp³-hybridized carbons (Fsp3) is 0.294. The summed E-state index contributed by atoms with van der Waals surface area (Å²) in [4.78, 5) is 0. The third-order valence-corrected chi connectivity index (χ3v) is 4.81. The number of halogens is 2. The zero-order valence-corrected chi connectivity index (χ0v) is 15.2. The Morgan fingerprint density at radius 1 is 1.00 bits per heavy atom. The van der Waals surface area contributed by atoms with E-state index in [9.17, 15) is 0 Å². The molecule has 0 aliphatic rings. The molecule has 0 bridgehead atoms. The van der Waals surface area contributed by atoms with Gasteiger partial charge in [0.25, 0.3) is 0 Å². The maximum atomic E-state index is 6.41. The fourth-order valence-corrected chi connectivity index (χ4v) is 4.01. The molecule has 106 valence electrons. The number of hydrogen-bond donors (Lipinski definition) is 1. The Balaban J connectivity index is 2.30. The molecule has 0 radical (unpaired) electrons. The Kier molecular flexibility index (Phi) is 5.05.